The van der Waals surface area contributed by atoms with E-state index in [4.69, 9.17) is 4.74 Å². The number of carbonyl (C=O) groups is 1. The molecule has 1 fully saturated rings. The van der Waals surface area contributed by atoms with Crippen LogP contribution in [0, 0.1) is 13.8 Å². The summed E-state index contributed by atoms with van der Waals surface area (Å²) in [5.74, 6) is 0.922. The molecule has 8 nitrogen and oxygen atoms in total. The van der Waals surface area contributed by atoms with Crippen LogP contribution >= 0.6 is 0 Å². The molecular weight excluding hydrogens is 296 g/mol. The highest BCUT2D eigenvalue weighted by Crippen LogP contribution is 2.32. The normalized spacial score (nSPS) is 21.1. The number of amides is 1. The van der Waals surface area contributed by atoms with Crippen LogP contribution in [-0.4, -0.2) is 55.5 Å². The average molecular weight is 318 g/mol. The Morgan fingerprint density at radius 2 is 2.30 bits per heavy atom. The van der Waals surface area contributed by atoms with Crippen molar-refractivity contribution in [3.8, 4) is 0 Å². The van der Waals surface area contributed by atoms with Crippen molar-refractivity contribution in [3.63, 3.8) is 0 Å². The number of likely N-dealkylation sites (tertiary alicyclic amines) is 1. The molecule has 124 valence electrons. The molecule has 1 aliphatic rings. The molecule has 1 amide bonds. The Hall–Kier alpha value is -2.22. The largest absolute Gasteiger partial charge is 0.380 e. The molecule has 0 bridgehead atoms. The van der Waals surface area contributed by atoms with Gasteiger partial charge >= 0.3 is 0 Å². The number of aryl methyl sites for hydroxylation is 3. The summed E-state index contributed by atoms with van der Waals surface area (Å²) in [4.78, 5) is 22.4. The van der Waals surface area contributed by atoms with Crippen LogP contribution in [0.25, 0.3) is 0 Å². The number of methoxy groups -OCH3 is 1. The molecule has 1 aliphatic heterocycles. The second kappa shape index (κ2) is 6.49. The SMILES string of the molecule is CO[C@@H]1C[C@@H](c2nc(C)c(C)[nH]2)N(C(=O)CCn2ccnn2)C1. The van der Waals surface area contributed by atoms with Gasteiger partial charge in [0.15, 0.2) is 0 Å². The van der Waals surface area contributed by atoms with E-state index >= 15 is 0 Å². The number of aromatic amines is 1. The summed E-state index contributed by atoms with van der Waals surface area (Å²) in [5.41, 5.74) is 2.01. The fourth-order valence-corrected chi connectivity index (χ4v) is 2.94. The number of nitrogens with zero attached hydrogens (tertiary/aromatic N) is 5. The van der Waals surface area contributed by atoms with Gasteiger partial charge in [0.2, 0.25) is 5.91 Å². The van der Waals surface area contributed by atoms with Gasteiger partial charge in [0.25, 0.3) is 0 Å². The second-order valence-electron chi connectivity index (χ2n) is 5.90. The van der Waals surface area contributed by atoms with Gasteiger partial charge < -0.3 is 14.6 Å². The third kappa shape index (κ3) is 3.26. The molecule has 0 aliphatic carbocycles. The van der Waals surface area contributed by atoms with Gasteiger partial charge in [-0.3, -0.25) is 9.48 Å². The molecule has 0 spiro atoms. The fraction of sp³-hybridized carbons (Fsp3) is 0.600. The zero-order chi connectivity index (χ0) is 16.4. The number of rotatable bonds is 5. The summed E-state index contributed by atoms with van der Waals surface area (Å²) in [6.07, 6.45) is 4.55. The molecule has 1 N–H and O–H groups in total. The minimum atomic E-state index is -0.0596. The van der Waals surface area contributed by atoms with Crippen molar-refractivity contribution in [2.24, 2.45) is 0 Å². The van der Waals surface area contributed by atoms with Crippen molar-refractivity contribution in [2.45, 2.75) is 45.4 Å². The van der Waals surface area contributed by atoms with Crippen molar-refractivity contribution in [1.29, 1.82) is 0 Å². The number of ether oxygens (including phenoxy) is 1. The standard InChI is InChI=1S/C15H22N6O2/c1-10-11(2)18-15(17-10)13-8-12(23-3)9-21(13)14(22)4-6-20-7-5-16-19-20/h5,7,12-13H,4,6,8-9H2,1-3H3,(H,17,18)/t12-,13+/m1/s1. The zero-order valence-corrected chi connectivity index (χ0v) is 13.7. The zero-order valence-electron chi connectivity index (χ0n) is 13.7. The number of hydrogen-bond acceptors (Lipinski definition) is 5. The van der Waals surface area contributed by atoms with Gasteiger partial charge in [-0.2, -0.15) is 0 Å². The first-order valence-corrected chi connectivity index (χ1v) is 7.78. The van der Waals surface area contributed by atoms with E-state index in [0.717, 1.165) is 23.6 Å². The van der Waals surface area contributed by atoms with Crippen LogP contribution in [0.1, 0.15) is 36.1 Å². The Morgan fingerprint density at radius 3 is 2.91 bits per heavy atom. The van der Waals surface area contributed by atoms with E-state index in [1.165, 1.54) is 0 Å². The smallest absolute Gasteiger partial charge is 0.225 e. The average Bonchev–Trinajstić information content (AvgIpc) is 3.25. The van der Waals surface area contributed by atoms with Gasteiger partial charge in [-0.15, -0.1) is 5.10 Å². The van der Waals surface area contributed by atoms with Gasteiger partial charge in [0, 0.05) is 38.4 Å². The van der Waals surface area contributed by atoms with Crippen LogP contribution < -0.4 is 0 Å². The lowest BCUT2D eigenvalue weighted by Gasteiger charge is -2.23. The quantitative estimate of drug-likeness (QED) is 0.888. The molecule has 23 heavy (non-hydrogen) atoms. The van der Waals surface area contributed by atoms with Crippen molar-refractivity contribution in [2.75, 3.05) is 13.7 Å². The maximum absolute atomic E-state index is 12.6. The second-order valence-corrected chi connectivity index (χ2v) is 5.90. The molecule has 2 aromatic heterocycles. The number of hydrogen-bond donors (Lipinski definition) is 1. The molecule has 3 rings (SSSR count). The van der Waals surface area contributed by atoms with Crippen molar-refractivity contribution in [3.05, 3.63) is 29.6 Å². The molecule has 0 radical (unpaired) electrons. The highest BCUT2D eigenvalue weighted by molar-refractivity contribution is 5.77. The van der Waals surface area contributed by atoms with Crippen LogP contribution in [0.15, 0.2) is 12.4 Å². The van der Waals surface area contributed by atoms with Crippen LogP contribution in [0.2, 0.25) is 0 Å². The van der Waals surface area contributed by atoms with Crippen molar-refractivity contribution >= 4 is 5.91 Å². The third-order valence-electron chi connectivity index (χ3n) is 4.41. The number of carbonyl (C=O) groups excluding carboxylic acids is 1. The van der Waals surface area contributed by atoms with Crippen LogP contribution in [-0.2, 0) is 16.1 Å². The topological polar surface area (TPSA) is 88.9 Å². The molecule has 3 heterocycles. The summed E-state index contributed by atoms with van der Waals surface area (Å²) in [6.45, 7) is 5.08. The molecule has 8 heteroatoms. The van der Waals surface area contributed by atoms with Crippen LogP contribution in [0.5, 0.6) is 0 Å². The maximum Gasteiger partial charge on any atom is 0.225 e. The molecule has 2 aromatic rings. The lowest BCUT2D eigenvalue weighted by Crippen LogP contribution is -2.33. The third-order valence-corrected chi connectivity index (χ3v) is 4.41. The van der Waals surface area contributed by atoms with Gasteiger partial charge in [-0.05, 0) is 13.8 Å². The highest BCUT2D eigenvalue weighted by Gasteiger charge is 2.37. The van der Waals surface area contributed by atoms with E-state index in [1.807, 2.05) is 18.7 Å². The minimum absolute atomic E-state index is 0.0426. The predicted molar refractivity (Wildman–Crippen MR) is 82.6 cm³/mol. The van der Waals surface area contributed by atoms with E-state index in [0.29, 0.717) is 19.5 Å². The van der Waals surface area contributed by atoms with E-state index in [1.54, 1.807) is 24.2 Å². The van der Waals surface area contributed by atoms with Crippen molar-refractivity contribution in [1.82, 2.24) is 29.9 Å². The van der Waals surface area contributed by atoms with Crippen LogP contribution in [0.4, 0.5) is 0 Å². The first kappa shape index (κ1) is 15.7. The molecule has 0 unspecified atom stereocenters. The Morgan fingerprint density at radius 1 is 1.48 bits per heavy atom. The monoisotopic (exact) mass is 318 g/mol. The van der Waals surface area contributed by atoms with E-state index in [9.17, 15) is 4.79 Å². The van der Waals surface area contributed by atoms with E-state index in [2.05, 4.69) is 20.3 Å². The summed E-state index contributed by atoms with van der Waals surface area (Å²) < 4.78 is 7.13. The lowest BCUT2D eigenvalue weighted by molar-refractivity contribution is -0.132. The number of nitrogens with one attached hydrogen (secondary N) is 1. The van der Waals surface area contributed by atoms with Gasteiger partial charge in [0.05, 0.1) is 30.6 Å². The highest BCUT2D eigenvalue weighted by atomic mass is 16.5. The summed E-state index contributed by atoms with van der Waals surface area (Å²) in [5, 5.41) is 7.64. The van der Waals surface area contributed by atoms with Crippen LogP contribution in [0.3, 0.4) is 0 Å². The Balaban J connectivity index is 1.72. The van der Waals surface area contributed by atoms with Gasteiger partial charge in [-0.25, -0.2) is 4.98 Å². The molecular formula is C15H22N6O2. The number of aromatic nitrogens is 5. The first-order chi connectivity index (χ1) is 11.1. The molecule has 1 saturated heterocycles. The van der Waals surface area contributed by atoms with E-state index in [-0.39, 0.29) is 18.1 Å². The summed E-state index contributed by atoms with van der Waals surface area (Å²) in [6, 6.07) is -0.0596. The number of H-pyrrole nitrogens is 1. The maximum atomic E-state index is 12.6. The molecule has 2 atom stereocenters. The molecule has 0 saturated carbocycles. The number of imidazole rings is 1. The Bertz CT molecular complexity index is 646. The van der Waals surface area contributed by atoms with E-state index < -0.39 is 0 Å². The Labute approximate surface area is 134 Å². The molecule has 0 aromatic carbocycles. The summed E-state index contributed by atoms with van der Waals surface area (Å²) >= 11 is 0. The predicted octanol–water partition coefficient (Wildman–Crippen LogP) is 0.997. The van der Waals surface area contributed by atoms with Gasteiger partial charge in [-0.1, -0.05) is 5.21 Å². The Kier molecular flexibility index (Phi) is 4.42. The first-order valence-electron chi connectivity index (χ1n) is 7.78. The minimum Gasteiger partial charge on any atom is -0.380 e. The fourth-order valence-electron chi connectivity index (χ4n) is 2.94. The lowest BCUT2D eigenvalue weighted by atomic mass is 10.2. The summed E-state index contributed by atoms with van der Waals surface area (Å²) in [7, 11) is 1.68. The van der Waals surface area contributed by atoms with Gasteiger partial charge in [0.1, 0.15) is 5.82 Å². The van der Waals surface area contributed by atoms with Crippen molar-refractivity contribution < 1.29 is 9.53 Å².